The fraction of sp³-hybridized carbons (Fsp3) is 0.524. The minimum Gasteiger partial charge on any atom is -0.379 e. The molecule has 158 valence electrons. The van der Waals surface area contributed by atoms with Crippen molar-refractivity contribution in [2.45, 2.75) is 39.3 Å². The van der Waals surface area contributed by atoms with Crippen LogP contribution in [-0.2, 0) is 11.3 Å². The van der Waals surface area contributed by atoms with Crippen LogP contribution in [-0.4, -0.2) is 59.0 Å². The number of benzene rings is 1. The van der Waals surface area contributed by atoms with Crippen LogP contribution in [0.5, 0.6) is 0 Å². The van der Waals surface area contributed by atoms with Crippen molar-refractivity contribution in [1.82, 2.24) is 20.0 Å². The quantitative estimate of drug-likeness (QED) is 0.714. The summed E-state index contributed by atoms with van der Waals surface area (Å²) in [5.74, 6) is -0.203. The maximum absolute atomic E-state index is 12.9. The van der Waals surface area contributed by atoms with Gasteiger partial charge in [0, 0.05) is 30.2 Å². The molecule has 1 aliphatic rings. The molecule has 2 aromatic rings. The lowest BCUT2D eigenvalue weighted by atomic mass is 9.95. The van der Waals surface area contributed by atoms with E-state index in [2.05, 4.69) is 29.2 Å². The summed E-state index contributed by atoms with van der Waals surface area (Å²) in [4.78, 5) is 15.3. The highest BCUT2D eigenvalue weighted by atomic mass is 35.5. The number of hydrogen-bond donors (Lipinski definition) is 1. The topological polar surface area (TPSA) is 59.4 Å². The summed E-state index contributed by atoms with van der Waals surface area (Å²) in [5.41, 5.74) is 1.78. The summed E-state index contributed by atoms with van der Waals surface area (Å²) in [6.45, 7) is 10.2. The number of morpholine rings is 1. The second kappa shape index (κ2) is 9.47. The van der Waals surface area contributed by atoms with Crippen LogP contribution in [0.2, 0.25) is 10.2 Å². The standard InChI is InChI=1S/C21H28Cl2N4O2/c1-4-21(3,26-9-11-29-12-10-26)14-24-20(28)18-15(2)25-27(19(18)23)13-16-7-5-6-8-17(16)22/h5-8H,4,9-14H2,1-3H3,(H,24,28). The molecule has 2 heterocycles. The van der Waals surface area contributed by atoms with Gasteiger partial charge in [0.15, 0.2) is 0 Å². The fourth-order valence-corrected chi connectivity index (χ4v) is 4.14. The predicted octanol–water partition coefficient (Wildman–Crippen LogP) is 3.78. The van der Waals surface area contributed by atoms with E-state index in [0.717, 1.165) is 38.3 Å². The van der Waals surface area contributed by atoms with Gasteiger partial charge in [0.05, 0.1) is 31.0 Å². The van der Waals surface area contributed by atoms with Crippen LogP contribution in [0.3, 0.4) is 0 Å². The van der Waals surface area contributed by atoms with Gasteiger partial charge in [-0.25, -0.2) is 4.68 Å². The van der Waals surface area contributed by atoms with E-state index in [4.69, 9.17) is 27.9 Å². The van der Waals surface area contributed by atoms with E-state index in [0.29, 0.717) is 34.5 Å². The molecule has 1 aliphatic heterocycles. The van der Waals surface area contributed by atoms with E-state index >= 15 is 0 Å². The SMILES string of the molecule is CCC(C)(CNC(=O)c1c(C)nn(Cc2ccccc2Cl)c1Cl)N1CCOCC1. The normalized spacial score (nSPS) is 17.1. The van der Waals surface area contributed by atoms with Crippen LogP contribution >= 0.6 is 23.2 Å². The zero-order valence-electron chi connectivity index (χ0n) is 17.2. The largest absolute Gasteiger partial charge is 0.379 e. The first-order valence-corrected chi connectivity index (χ1v) is 10.7. The Labute approximate surface area is 182 Å². The van der Waals surface area contributed by atoms with Gasteiger partial charge in [0.2, 0.25) is 0 Å². The number of amides is 1. The van der Waals surface area contributed by atoms with E-state index in [1.54, 1.807) is 11.6 Å². The van der Waals surface area contributed by atoms with Gasteiger partial charge in [-0.1, -0.05) is 48.3 Å². The van der Waals surface area contributed by atoms with Crippen LogP contribution < -0.4 is 5.32 Å². The average Bonchev–Trinajstić information content (AvgIpc) is 3.01. The molecule has 0 spiro atoms. The number of ether oxygens (including phenoxy) is 1. The first kappa shape index (κ1) is 22.1. The molecule has 0 bridgehead atoms. The maximum Gasteiger partial charge on any atom is 0.256 e. The number of rotatable bonds is 7. The number of carbonyl (C=O) groups excluding carboxylic acids is 1. The Morgan fingerprint density at radius 3 is 2.62 bits per heavy atom. The van der Waals surface area contributed by atoms with Crippen molar-refractivity contribution in [2.24, 2.45) is 0 Å². The molecule has 0 saturated carbocycles. The van der Waals surface area contributed by atoms with Crippen molar-refractivity contribution < 1.29 is 9.53 Å². The van der Waals surface area contributed by atoms with E-state index < -0.39 is 0 Å². The van der Waals surface area contributed by atoms with Gasteiger partial charge in [-0.3, -0.25) is 9.69 Å². The summed E-state index contributed by atoms with van der Waals surface area (Å²) < 4.78 is 7.08. The summed E-state index contributed by atoms with van der Waals surface area (Å²) in [7, 11) is 0. The lowest BCUT2D eigenvalue weighted by Crippen LogP contribution is -2.56. The van der Waals surface area contributed by atoms with Crippen molar-refractivity contribution in [1.29, 1.82) is 0 Å². The lowest BCUT2D eigenvalue weighted by Gasteiger charge is -2.43. The lowest BCUT2D eigenvalue weighted by molar-refractivity contribution is -0.0169. The zero-order valence-corrected chi connectivity index (χ0v) is 18.7. The van der Waals surface area contributed by atoms with Crippen LogP contribution in [0.1, 0.15) is 41.9 Å². The number of nitrogens with one attached hydrogen (secondary N) is 1. The number of nitrogens with zero attached hydrogens (tertiary/aromatic N) is 3. The van der Waals surface area contributed by atoms with Gasteiger partial charge in [-0.05, 0) is 31.9 Å². The third-order valence-corrected chi connectivity index (χ3v) is 6.49. The van der Waals surface area contributed by atoms with Gasteiger partial charge in [-0.2, -0.15) is 5.10 Å². The molecule has 1 aromatic heterocycles. The Hall–Kier alpha value is -1.60. The number of aromatic nitrogens is 2. The van der Waals surface area contributed by atoms with Crippen LogP contribution in [0.4, 0.5) is 0 Å². The summed E-state index contributed by atoms with van der Waals surface area (Å²) in [5, 5.41) is 8.50. The first-order valence-electron chi connectivity index (χ1n) is 9.93. The van der Waals surface area contributed by atoms with Crippen molar-refractivity contribution in [3.8, 4) is 0 Å². The smallest absolute Gasteiger partial charge is 0.256 e. The molecule has 0 radical (unpaired) electrons. The molecule has 1 unspecified atom stereocenters. The van der Waals surface area contributed by atoms with Crippen molar-refractivity contribution in [3.63, 3.8) is 0 Å². The Kier molecular flexibility index (Phi) is 7.22. The molecular weight excluding hydrogens is 411 g/mol. The minimum atomic E-state index is -0.203. The predicted molar refractivity (Wildman–Crippen MR) is 116 cm³/mol. The van der Waals surface area contributed by atoms with Crippen LogP contribution in [0, 0.1) is 6.92 Å². The average molecular weight is 439 g/mol. The Bertz CT molecular complexity index is 864. The second-order valence-corrected chi connectivity index (χ2v) is 8.40. The minimum absolute atomic E-state index is 0.132. The third-order valence-electron chi connectivity index (χ3n) is 5.74. The number of carbonyl (C=O) groups is 1. The van der Waals surface area contributed by atoms with E-state index in [1.165, 1.54) is 0 Å². The van der Waals surface area contributed by atoms with Crippen molar-refractivity contribution in [3.05, 3.63) is 51.3 Å². The van der Waals surface area contributed by atoms with Gasteiger partial charge in [-0.15, -0.1) is 0 Å². The second-order valence-electron chi connectivity index (χ2n) is 7.63. The van der Waals surface area contributed by atoms with Gasteiger partial charge in [0.1, 0.15) is 5.15 Å². The van der Waals surface area contributed by atoms with Crippen molar-refractivity contribution >= 4 is 29.1 Å². The molecule has 1 fully saturated rings. The molecule has 8 heteroatoms. The van der Waals surface area contributed by atoms with Crippen LogP contribution in [0.15, 0.2) is 24.3 Å². The maximum atomic E-state index is 12.9. The highest BCUT2D eigenvalue weighted by molar-refractivity contribution is 6.33. The van der Waals surface area contributed by atoms with Gasteiger partial charge >= 0.3 is 0 Å². The monoisotopic (exact) mass is 438 g/mol. The molecular formula is C21H28Cl2N4O2. The molecule has 1 atom stereocenters. The summed E-state index contributed by atoms with van der Waals surface area (Å²) in [6.07, 6.45) is 0.922. The molecule has 29 heavy (non-hydrogen) atoms. The van der Waals surface area contributed by atoms with E-state index in [9.17, 15) is 4.79 Å². The highest BCUT2D eigenvalue weighted by Crippen LogP contribution is 2.24. The zero-order chi connectivity index (χ0) is 21.0. The molecule has 1 saturated heterocycles. The summed E-state index contributed by atoms with van der Waals surface area (Å²) >= 11 is 12.8. The van der Waals surface area contributed by atoms with Gasteiger partial charge in [0.25, 0.3) is 5.91 Å². The third kappa shape index (κ3) is 4.94. The number of aryl methyl sites for hydroxylation is 1. The highest BCUT2D eigenvalue weighted by Gasteiger charge is 2.32. The molecule has 1 N–H and O–H groups in total. The van der Waals surface area contributed by atoms with E-state index in [1.807, 2.05) is 24.3 Å². The Morgan fingerprint density at radius 1 is 1.28 bits per heavy atom. The summed E-state index contributed by atoms with van der Waals surface area (Å²) in [6, 6.07) is 7.53. The number of halogens is 2. The molecule has 6 nitrogen and oxygen atoms in total. The molecule has 1 aromatic carbocycles. The molecule has 3 rings (SSSR count). The van der Waals surface area contributed by atoms with Gasteiger partial charge < -0.3 is 10.1 Å². The van der Waals surface area contributed by atoms with Crippen LogP contribution in [0.25, 0.3) is 0 Å². The van der Waals surface area contributed by atoms with E-state index in [-0.39, 0.29) is 11.4 Å². The fourth-order valence-electron chi connectivity index (χ4n) is 3.63. The van der Waals surface area contributed by atoms with Crippen molar-refractivity contribution in [2.75, 3.05) is 32.8 Å². The Morgan fingerprint density at radius 2 is 1.97 bits per heavy atom. The first-order chi connectivity index (χ1) is 13.9. The molecule has 0 aliphatic carbocycles. The number of hydrogen-bond acceptors (Lipinski definition) is 4. The molecule has 1 amide bonds. The Balaban J connectivity index is 1.72.